The third-order valence-corrected chi connectivity index (χ3v) is 5.36. The van der Waals surface area contributed by atoms with Crippen LogP contribution in [0.5, 0.6) is 0 Å². The van der Waals surface area contributed by atoms with Gasteiger partial charge in [-0.25, -0.2) is 14.6 Å². The average Bonchev–Trinajstić information content (AvgIpc) is 3.30. The van der Waals surface area contributed by atoms with E-state index < -0.39 is 17.8 Å². The van der Waals surface area contributed by atoms with E-state index in [1.165, 1.54) is 0 Å². The van der Waals surface area contributed by atoms with Gasteiger partial charge in [0.1, 0.15) is 0 Å². The first-order chi connectivity index (χ1) is 15.6. The smallest absolute Gasteiger partial charge is 0.328 e. The number of benzene rings is 1. The molecule has 1 aromatic carbocycles. The highest BCUT2D eigenvalue weighted by atomic mass is 16.4. The van der Waals surface area contributed by atoms with Crippen molar-refractivity contribution in [2.24, 2.45) is 12.8 Å². The fourth-order valence-corrected chi connectivity index (χ4v) is 3.82. The first-order valence-corrected chi connectivity index (χ1v) is 9.94. The zero-order valence-corrected chi connectivity index (χ0v) is 18.0. The van der Waals surface area contributed by atoms with Gasteiger partial charge >= 0.3 is 11.9 Å². The van der Waals surface area contributed by atoms with Crippen molar-refractivity contribution in [1.29, 1.82) is 0 Å². The third-order valence-electron chi connectivity index (χ3n) is 5.36. The number of fused-ring (bicyclic) bond motifs is 3. The van der Waals surface area contributed by atoms with Gasteiger partial charge in [-0.05, 0) is 13.0 Å². The molecule has 0 saturated carbocycles. The van der Waals surface area contributed by atoms with E-state index in [0.29, 0.717) is 36.4 Å². The largest absolute Gasteiger partial charge is 0.478 e. The van der Waals surface area contributed by atoms with Crippen LogP contribution in [0.25, 0.3) is 10.9 Å². The molecular formula is C22H23N5O6. The van der Waals surface area contributed by atoms with E-state index in [0.717, 1.165) is 34.4 Å². The summed E-state index contributed by atoms with van der Waals surface area (Å²) in [6.07, 6.45) is 3.49. The number of rotatable bonds is 5. The Balaban J connectivity index is 0.000000331. The number of aryl methyl sites for hydroxylation is 2. The highest BCUT2D eigenvalue weighted by molar-refractivity contribution is 6.14. The highest BCUT2D eigenvalue weighted by Gasteiger charge is 2.31. The SMILES string of the molecule is Cc1[nH]cnc1CN1CCc2c(c3cccc(C(N)=O)c3n2C)C1=O.O=C(O)C=CC(=O)O. The molecule has 1 aliphatic heterocycles. The Labute approximate surface area is 188 Å². The number of primary amides is 1. The van der Waals surface area contributed by atoms with E-state index in [4.69, 9.17) is 15.9 Å². The van der Waals surface area contributed by atoms with Crippen LogP contribution < -0.4 is 5.73 Å². The molecular weight excluding hydrogens is 430 g/mol. The number of nitrogens with two attached hydrogens (primary N) is 1. The number of H-pyrrole nitrogens is 1. The van der Waals surface area contributed by atoms with Crippen molar-refractivity contribution >= 4 is 34.7 Å². The first-order valence-electron chi connectivity index (χ1n) is 9.94. The van der Waals surface area contributed by atoms with Gasteiger partial charge in [-0.15, -0.1) is 0 Å². The van der Waals surface area contributed by atoms with Crippen LogP contribution in [0.2, 0.25) is 0 Å². The number of hydrogen-bond acceptors (Lipinski definition) is 5. The zero-order chi connectivity index (χ0) is 24.3. The number of aromatic nitrogens is 3. The Morgan fingerprint density at radius 1 is 1.21 bits per heavy atom. The van der Waals surface area contributed by atoms with Crippen molar-refractivity contribution in [2.75, 3.05) is 6.54 Å². The normalized spacial score (nSPS) is 13.0. The summed E-state index contributed by atoms with van der Waals surface area (Å²) >= 11 is 0. The predicted octanol–water partition coefficient (Wildman–Crippen LogP) is 1.22. The van der Waals surface area contributed by atoms with Crippen LogP contribution in [-0.2, 0) is 29.6 Å². The minimum Gasteiger partial charge on any atom is -0.478 e. The number of aliphatic carboxylic acids is 2. The van der Waals surface area contributed by atoms with Crippen molar-refractivity contribution in [3.63, 3.8) is 0 Å². The van der Waals surface area contributed by atoms with Crippen molar-refractivity contribution in [3.05, 3.63) is 64.9 Å². The summed E-state index contributed by atoms with van der Waals surface area (Å²) in [4.78, 5) is 53.1. The molecule has 0 fully saturated rings. The van der Waals surface area contributed by atoms with E-state index in [1.54, 1.807) is 18.5 Å². The standard InChI is InChI=1S/C18H19N5O2.C4H4O4/c1-10-13(21-9-20-10)8-23-7-6-14-15(18(23)25)11-4-3-5-12(17(19)24)16(11)22(14)2;5-3(6)1-2-4(7)8/h3-5,9H,6-8H2,1-2H3,(H2,19,24)(H,20,21);1-2H,(H,5,6)(H,7,8). The van der Waals surface area contributed by atoms with E-state index in [2.05, 4.69) is 9.97 Å². The van der Waals surface area contributed by atoms with Crippen LogP contribution in [-0.4, -0.2) is 59.9 Å². The van der Waals surface area contributed by atoms with Gasteiger partial charge in [-0.3, -0.25) is 9.59 Å². The number of amides is 2. The van der Waals surface area contributed by atoms with Crippen molar-refractivity contribution in [1.82, 2.24) is 19.4 Å². The maximum absolute atomic E-state index is 13.1. The summed E-state index contributed by atoms with van der Waals surface area (Å²) in [5.74, 6) is -3.03. The van der Waals surface area contributed by atoms with Gasteiger partial charge < -0.3 is 30.4 Å². The lowest BCUT2D eigenvalue weighted by Crippen LogP contribution is -2.37. The Morgan fingerprint density at radius 3 is 2.42 bits per heavy atom. The number of imidazole rings is 1. The number of nitrogens with zero attached hydrogens (tertiary/aromatic N) is 3. The molecule has 3 aromatic rings. The van der Waals surface area contributed by atoms with Gasteiger partial charge in [0.15, 0.2) is 0 Å². The summed E-state index contributed by atoms with van der Waals surface area (Å²) < 4.78 is 1.93. The molecule has 1 aliphatic rings. The molecule has 3 heterocycles. The van der Waals surface area contributed by atoms with Gasteiger partial charge in [0.25, 0.3) is 11.8 Å². The number of carboxylic acid groups (broad SMARTS) is 2. The van der Waals surface area contributed by atoms with Gasteiger partial charge in [0.05, 0.1) is 35.2 Å². The molecule has 0 radical (unpaired) electrons. The molecule has 33 heavy (non-hydrogen) atoms. The Morgan fingerprint density at radius 2 is 1.88 bits per heavy atom. The maximum Gasteiger partial charge on any atom is 0.328 e. The van der Waals surface area contributed by atoms with E-state index in [-0.39, 0.29) is 5.91 Å². The van der Waals surface area contributed by atoms with Crippen LogP contribution in [0.4, 0.5) is 0 Å². The lowest BCUT2D eigenvalue weighted by atomic mass is 10.0. The number of hydrogen-bond donors (Lipinski definition) is 4. The maximum atomic E-state index is 13.1. The van der Waals surface area contributed by atoms with E-state index >= 15 is 0 Å². The number of para-hydroxylation sites is 1. The summed E-state index contributed by atoms with van der Waals surface area (Å²) in [5.41, 5.74) is 10.1. The monoisotopic (exact) mass is 453 g/mol. The number of carboxylic acids is 2. The first kappa shape index (κ1) is 23.3. The van der Waals surface area contributed by atoms with Crippen LogP contribution >= 0.6 is 0 Å². The molecule has 2 amide bonds. The predicted molar refractivity (Wildman–Crippen MR) is 118 cm³/mol. The topological polar surface area (TPSA) is 172 Å². The van der Waals surface area contributed by atoms with Crippen molar-refractivity contribution in [2.45, 2.75) is 19.9 Å². The van der Waals surface area contributed by atoms with Gasteiger partial charge in [0.2, 0.25) is 0 Å². The molecule has 0 saturated heterocycles. The molecule has 0 unspecified atom stereocenters. The molecule has 172 valence electrons. The van der Waals surface area contributed by atoms with Gasteiger partial charge in [0, 0.05) is 48.9 Å². The Bertz CT molecular complexity index is 1270. The molecule has 2 aromatic heterocycles. The number of aromatic amines is 1. The van der Waals surface area contributed by atoms with Crippen LogP contribution in [0.1, 0.15) is 37.8 Å². The quantitative estimate of drug-likeness (QED) is 0.420. The van der Waals surface area contributed by atoms with E-state index in [1.807, 2.05) is 29.5 Å². The Hall–Kier alpha value is -4.41. The molecule has 5 N–H and O–H groups in total. The molecule has 0 spiro atoms. The summed E-state index contributed by atoms with van der Waals surface area (Å²) in [6.45, 7) is 3.03. The molecule has 0 aliphatic carbocycles. The number of carbonyl (C=O) groups excluding carboxylic acids is 2. The average molecular weight is 453 g/mol. The van der Waals surface area contributed by atoms with Gasteiger partial charge in [-0.2, -0.15) is 0 Å². The lowest BCUT2D eigenvalue weighted by Gasteiger charge is -2.27. The highest BCUT2D eigenvalue weighted by Crippen LogP contribution is 2.32. The summed E-state index contributed by atoms with van der Waals surface area (Å²) in [6, 6.07) is 5.35. The second-order valence-corrected chi connectivity index (χ2v) is 7.41. The Kier molecular flexibility index (Phi) is 6.61. The molecule has 4 rings (SSSR count). The molecule has 11 nitrogen and oxygen atoms in total. The number of carbonyl (C=O) groups is 4. The number of nitrogens with one attached hydrogen (secondary N) is 1. The fraction of sp³-hybridized carbons (Fsp3) is 0.227. The lowest BCUT2D eigenvalue weighted by molar-refractivity contribution is -0.134. The van der Waals surface area contributed by atoms with Crippen molar-refractivity contribution < 1.29 is 29.4 Å². The minimum absolute atomic E-state index is 0.0316. The van der Waals surface area contributed by atoms with E-state index in [9.17, 15) is 19.2 Å². The summed E-state index contributed by atoms with van der Waals surface area (Å²) in [7, 11) is 1.88. The van der Waals surface area contributed by atoms with Crippen LogP contribution in [0.3, 0.4) is 0 Å². The van der Waals surface area contributed by atoms with Gasteiger partial charge in [-0.1, -0.05) is 12.1 Å². The second-order valence-electron chi connectivity index (χ2n) is 7.41. The minimum atomic E-state index is -1.26. The van der Waals surface area contributed by atoms with Crippen LogP contribution in [0, 0.1) is 6.92 Å². The van der Waals surface area contributed by atoms with Crippen LogP contribution in [0.15, 0.2) is 36.7 Å². The fourth-order valence-electron chi connectivity index (χ4n) is 3.82. The zero-order valence-electron chi connectivity index (χ0n) is 18.0. The third kappa shape index (κ3) is 4.76. The summed E-state index contributed by atoms with van der Waals surface area (Å²) in [5, 5.41) is 16.4. The molecule has 0 atom stereocenters. The molecule has 11 heteroatoms. The second kappa shape index (κ2) is 9.39. The molecule has 0 bridgehead atoms. The van der Waals surface area contributed by atoms with Crippen molar-refractivity contribution in [3.8, 4) is 0 Å².